The standard InChI is InChI=1S/C10H11N3O.C9H8/c1-2-5-9(6-3-1)13-14-10-11-7-4-8-12-10;1-2-5-9-7-3-6-8(9)4-1/h1-2,4,7-8H,3,5-6H2;1-6H,7H2. The van der Waals surface area contributed by atoms with Crippen LogP contribution in [0.1, 0.15) is 30.4 Å². The predicted octanol–water partition coefficient (Wildman–Crippen LogP) is 4.21. The summed E-state index contributed by atoms with van der Waals surface area (Å²) in [6.45, 7) is 0. The van der Waals surface area contributed by atoms with Crippen LogP contribution in [0.2, 0.25) is 0 Å². The van der Waals surface area contributed by atoms with Crippen LogP contribution < -0.4 is 4.84 Å². The zero-order valence-electron chi connectivity index (χ0n) is 12.9. The predicted molar refractivity (Wildman–Crippen MR) is 92.3 cm³/mol. The van der Waals surface area contributed by atoms with Crippen LogP contribution in [0.25, 0.3) is 6.08 Å². The fourth-order valence-corrected chi connectivity index (χ4v) is 2.41. The van der Waals surface area contributed by atoms with Crippen molar-refractivity contribution in [2.24, 2.45) is 5.16 Å². The number of rotatable bonds is 2. The van der Waals surface area contributed by atoms with Crippen molar-refractivity contribution in [2.75, 3.05) is 0 Å². The number of hydrogen-bond donors (Lipinski definition) is 0. The highest BCUT2D eigenvalue weighted by Gasteiger charge is 2.03. The molecule has 0 fully saturated rings. The Kier molecular flexibility index (Phi) is 5.29. The highest BCUT2D eigenvalue weighted by molar-refractivity contribution is 5.86. The minimum absolute atomic E-state index is 0.301. The van der Waals surface area contributed by atoms with Gasteiger partial charge in [-0.2, -0.15) is 0 Å². The van der Waals surface area contributed by atoms with Gasteiger partial charge in [0.25, 0.3) is 0 Å². The highest BCUT2D eigenvalue weighted by Crippen LogP contribution is 2.17. The van der Waals surface area contributed by atoms with Crippen molar-refractivity contribution in [3.63, 3.8) is 0 Å². The molecule has 2 aliphatic rings. The summed E-state index contributed by atoms with van der Waals surface area (Å²) in [5.74, 6) is 0. The van der Waals surface area contributed by atoms with E-state index in [4.69, 9.17) is 4.84 Å². The summed E-state index contributed by atoms with van der Waals surface area (Å²) >= 11 is 0. The first kappa shape index (κ1) is 15.2. The molecule has 0 bridgehead atoms. The van der Waals surface area contributed by atoms with Crippen LogP contribution in [-0.2, 0) is 6.42 Å². The molecule has 0 aliphatic heterocycles. The molecule has 0 N–H and O–H groups in total. The van der Waals surface area contributed by atoms with Crippen LogP contribution in [0, 0.1) is 0 Å². The number of benzene rings is 1. The Morgan fingerprint density at radius 3 is 2.57 bits per heavy atom. The Morgan fingerprint density at radius 1 is 0.913 bits per heavy atom. The van der Waals surface area contributed by atoms with E-state index in [0.717, 1.165) is 31.4 Å². The van der Waals surface area contributed by atoms with Gasteiger partial charge in [0.1, 0.15) is 0 Å². The second-order valence-electron chi connectivity index (χ2n) is 5.30. The van der Waals surface area contributed by atoms with Gasteiger partial charge in [0, 0.05) is 18.8 Å². The maximum absolute atomic E-state index is 5.08. The van der Waals surface area contributed by atoms with Gasteiger partial charge in [-0.25, -0.2) is 9.97 Å². The third kappa shape index (κ3) is 4.61. The molecular weight excluding hydrogens is 286 g/mol. The van der Waals surface area contributed by atoms with Gasteiger partial charge >= 0.3 is 6.01 Å². The molecule has 0 radical (unpaired) electrons. The van der Waals surface area contributed by atoms with Crippen molar-refractivity contribution >= 4 is 11.8 Å². The van der Waals surface area contributed by atoms with E-state index in [1.165, 1.54) is 11.1 Å². The lowest BCUT2D eigenvalue weighted by Crippen LogP contribution is -2.03. The van der Waals surface area contributed by atoms with E-state index in [9.17, 15) is 0 Å². The number of hydrogen-bond acceptors (Lipinski definition) is 4. The van der Waals surface area contributed by atoms with Crippen LogP contribution in [0.5, 0.6) is 6.01 Å². The zero-order chi connectivity index (χ0) is 15.7. The Morgan fingerprint density at radius 2 is 1.78 bits per heavy atom. The van der Waals surface area contributed by atoms with Crippen LogP contribution >= 0.6 is 0 Å². The van der Waals surface area contributed by atoms with Crippen molar-refractivity contribution in [1.29, 1.82) is 0 Å². The molecule has 0 unspecified atom stereocenters. The molecule has 4 rings (SSSR count). The maximum atomic E-state index is 5.08. The molecule has 0 saturated carbocycles. The minimum Gasteiger partial charge on any atom is -0.315 e. The molecule has 116 valence electrons. The average Bonchev–Trinajstić information content (AvgIpc) is 3.11. The molecule has 2 aromatic rings. The third-order valence-corrected chi connectivity index (χ3v) is 3.61. The minimum atomic E-state index is 0.301. The lowest BCUT2D eigenvalue weighted by molar-refractivity contribution is 0.310. The van der Waals surface area contributed by atoms with Crippen molar-refractivity contribution in [1.82, 2.24) is 9.97 Å². The quantitative estimate of drug-likeness (QED) is 0.617. The number of oxime groups is 1. The van der Waals surface area contributed by atoms with Crippen molar-refractivity contribution in [2.45, 2.75) is 25.7 Å². The first-order chi connectivity index (χ1) is 11.4. The molecule has 23 heavy (non-hydrogen) atoms. The van der Waals surface area contributed by atoms with Gasteiger partial charge in [-0.1, -0.05) is 53.7 Å². The first-order valence-electron chi connectivity index (χ1n) is 7.81. The van der Waals surface area contributed by atoms with Gasteiger partial charge in [-0.3, -0.25) is 0 Å². The number of aromatic nitrogens is 2. The van der Waals surface area contributed by atoms with E-state index in [2.05, 4.69) is 63.7 Å². The molecule has 0 saturated heterocycles. The molecule has 0 amide bonds. The van der Waals surface area contributed by atoms with Crippen molar-refractivity contribution in [3.8, 4) is 6.01 Å². The summed E-state index contributed by atoms with van der Waals surface area (Å²) in [7, 11) is 0. The molecule has 0 atom stereocenters. The lowest BCUT2D eigenvalue weighted by atomic mass is 10.1. The van der Waals surface area contributed by atoms with E-state index in [0.29, 0.717) is 6.01 Å². The number of allylic oxidation sites excluding steroid dienone is 3. The number of fused-ring (bicyclic) bond motifs is 1. The van der Waals surface area contributed by atoms with Gasteiger partial charge < -0.3 is 4.84 Å². The molecule has 4 nitrogen and oxygen atoms in total. The van der Waals surface area contributed by atoms with Gasteiger partial charge in [-0.15, -0.1) is 0 Å². The molecule has 1 aromatic carbocycles. The largest absolute Gasteiger partial charge is 0.345 e. The smallest absolute Gasteiger partial charge is 0.315 e. The third-order valence-electron chi connectivity index (χ3n) is 3.61. The summed E-state index contributed by atoms with van der Waals surface area (Å²) in [6, 6.07) is 10.5. The second kappa shape index (κ2) is 8.03. The van der Waals surface area contributed by atoms with E-state index in [1.54, 1.807) is 18.5 Å². The average molecular weight is 305 g/mol. The summed E-state index contributed by atoms with van der Waals surface area (Å²) in [4.78, 5) is 12.9. The Labute approximate surface area is 136 Å². The summed E-state index contributed by atoms with van der Waals surface area (Å²) in [5, 5.41) is 3.99. The fourth-order valence-electron chi connectivity index (χ4n) is 2.41. The van der Waals surface area contributed by atoms with Crippen LogP contribution in [0.15, 0.2) is 66.1 Å². The Bertz CT molecular complexity index is 720. The molecule has 0 spiro atoms. The van der Waals surface area contributed by atoms with E-state index >= 15 is 0 Å². The van der Waals surface area contributed by atoms with Crippen molar-refractivity contribution in [3.05, 3.63) is 72.1 Å². The van der Waals surface area contributed by atoms with E-state index < -0.39 is 0 Å². The first-order valence-corrected chi connectivity index (χ1v) is 7.81. The van der Waals surface area contributed by atoms with Gasteiger partial charge in [0.15, 0.2) is 0 Å². The molecule has 2 aliphatic carbocycles. The summed E-state index contributed by atoms with van der Waals surface area (Å²) < 4.78 is 0. The van der Waals surface area contributed by atoms with Gasteiger partial charge in [0.2, 0.25) is 0 Å². The Hall–Kier alpha value is -2.75. The topological polar surface area (TPSA) is 47.4 Å². The van der Waals surface area contributed by atoms with Crippen molar-refractivity contribution < 1.29 is 4.84 Å². The molecule has 4 heteroatoms. The van der Waals surface area contributed by atoms with Crippen LogP contribution in [0.3, 0.4) is 0 Å². The summed E-state index contributed by atoms with van der Waals surface area (Å²) in [6.07, 6.45) is 15.9. The normalized spacial score (nSPS) is 16.6. The Balaban J connectivity index is 0.000000149. The van der Waals surface area contributed by atoms with E-state index in [-0.39, 0.29) is 0 Å². The molecular formula is C19H19N3O. The monoisotopic (exact) mass is 305 g/mol. The SMILES string of the molecule is C1=CCC(=NOc2ncccn2)CC1.C1=Cc2ccccc2C1. The molecule has 1 aromatic heterocycles. The van der Waals surface area contributed by atoms with E-state index in [1.807, 2.05) is 0 Å². The second-order valence-corrected chi connectivity index (χ2v) is 5.30. The highest BCUT2D eigenvalue weighted by atomic mass is 16.6. The van der Waals surface area contributed by atoms with Crippen LogP contribution in [0.4, 0.5) is 0 Å². The van der Waals surface area contributed by atoms with Gasteiger partial charge in [-0.05, 0) is 36.5 Å². The molecule has 1 heterocycles. The fraction of sp³-hybridized carbons (Fsp3) is 0.211. The lowest BCUT2D eigenvalue weighted by Gasteiger charge is -2.05. The summed E-state index contributed by atoms with van der Waals surface area (Å²) in [5.41, 5.74) is 3.88. The van der Waals surface area contributed by atoms with Gasteiger partial charge in [0.05, 0.1) is 5.71 Å². The number of nitrogens with zero attached hydrogens (tertiary/aromatic N) is 3. The van der Waals surface area contributed by atoms with Crippen LogP contribution in [-0.4, -0.2) is 15.7 Å². The maximum Gasteiger partial charge on any atom is 0.345 e. The zero-order valence-corrected chi connectivity index (χ0v) is 12.9.